The molecule has 0 saturated carbocycles. The third kappa shape index (κ3) is 4.03. The summed E-state index contributed by atoms with van der Waals surface area (Å²) >= 11 is 0. The molecule has 1 aromatic carbocycles. The monoisotopic (exact) mass is 303 g/mol. The second kappa shape index (κ2) is 5.83. The Morgan fingerprint density at radius 1 is 1.24 bits per heavy atom. The third-order valence-electron chi connectivity index (χ3n) is 3.46. The molecule has 0 radical (unpaired) electrons. The summed E-state index contributed by atoms with van der Waals surface area (Å²) in [6.07, 6.45) is -4.56. The zero-order chi connectivity index (χ0) is 16.4. The number of hydrogen-bond donors (Lipinski definition) is 0. The summed E-state index contributed by atoms with van der Waals surface area (Å²) in [5.41, 5.74) is -1.93. The minimum absolute atomic E-state index is 0.0979. The van der Waals surface area contributed by atoms with Gasteiger partial charge in [0.05, 0.1) is 11.5 Å². The standard InChI is InChI=1S/C14H16F3NO3/c1-9(19)8-12(13(2,3)18(20)21)10-4-6-11(7-5-10)14(15,16)17/h4-7,12H,8H2,1-3H3/t12-/m1/s1. The van der Waals surface area contributed by atoms with E-state index in [0.717, 1.165) is 12.1 Å². The maximum atomic E-state index is 12.5. The van der Waals surface area contributed by atoms with Gasteiger partial charge in [-0.1, -0.05) is 12.1 Å². The van der Waals surface area contributed by atoms with E-state index < -0.39 is 28.1 Å². The summed E-state index contributed by atoms with van der Waals surface area (Å²) in [4.78, 5) is 22.0. The summed E-state index contributed by atoms with van der Waals surface area (Å²) in [5, 5.41) is 11.2. The lowest BCUT2D eigenvalue weighted by Gasteiger charge is -2.26. The van der Waals surface area contributed by atoms with Crippen LogP contribution in [0.25, 0.3) is 0 Å². The van der Waals surface area contributed by atoms with Crippen molar-refractivity contribution in [3.05, 3.63) is 45.5 Å². The van der Waals surface area contributed by atoms with Crippen molar-refractivity contribution in [2.45, 2.75) is 44.8 Å². The summed E-state index contributed by atoms with van der Waals surface area (Å²) in [6.45, 7) is 4.02. The summed E-state index contributed by atoms with van der Waals surface area (Å²) < 4.78 is 37.6. The summed E-state index contributed by atoms with van der Waals surface area (Å²) in [6, 6.07) is 4.14. The Hall–Kier alpha value is -1.92. The fourth-order valence-electron chi connectivity index (χ4n) is 2.09. The Balaban J connectivity index is 3.22. The van der Waals surface area contributed by atoms with Crippen LogP contribution in [0, 0.1) is 10.1 Å². The van der Waals surface area contributed by atoms with E-state index in [1.54, 1.807) is 0 Å². The predicted molar refractivity (Wildman–Crippen MR) is 70.6 cm³/mol. The SMILES string of the molecule is CC(=O)C[C@H](c1ccc(C(F)(F)F)cc1)C(C)(C)[N+](=O)[O-]. The molecule has 1 aromatic rings. The number of Topliss-reactive ketones (excluding diaryl/α,β-unsaturated/α-hetero) is 1. The van der Waals surface area contributed by atoms with E-state index in [1.165, 1.54) is 32.9 Å². The first-order valence-corrected chi connectivity index (χ1v) is 6.27. The van der Waals surface area contributed by atoms with Gasteiger partial charge in [0.1, 0.15) is 5.78 Å². The van der Waals surface area contributed by atoms with E-state index in [9.17, 15) is 28.1 Å². The van der Waals surface area contributed by atoms with Crippen LogP contribution >= 0.6 is 0 Å². The van der Waals surface area contributed by atoms with Crippen molar-refractivity contribution >= 4 is 5.78 Å². The molecule has 0 fully saturated rings. The second-order valence-electron chi connectivity index (χ2n) is 5.49. The topological polar surface area (TPSA) is 60.2 Å². The third-order valence-corrected chi connectivity index (χ3v) is 3.46. The molecular formula is C14H16F3NO3. The molecule has 0 N–H and O–H groups in total. The van der Waals surface area contributed by atoms with Crippen LogP contribution in [0.4, 0.5) is 13.2 Å². The first-order valence-electron chi connectivity index (χ1n) is 6.27. The molecule has 0 heterocycles. The van der Waals surface area contributed by atoms with Gasteiger partial charge in [0, 0.05) is 25.2 Å². The second-order valence-corrected chi connectivity index (χ2v) is 5.49. The van der Waals surface area contributed by atoms with E-state index >= 15 is 0 Å². The normalized spacial score (nSPS) is 13.8. The first kappa shape index (κ1) is 17.1. The highest BCUT2D eigenvalue weighted by molar-refractivity contribution is 5.76. The van der Waals surface area contributed by atoms with Gasteiger partial charge in [0.25, 0.3) is 0 Å². The van der Waals surface area contributed by atoms with Gasteiger partial charge < -0.3 is 4.79 Å². The minimum Gasteiger partial charge on any atom is -0.300 e. The summed E-state index contributed by atoms with van der Waals surface area (Å²) in [7, 11) is 0. The molecule has 0 amide bonds. The molecule has 0 aromatic heterocycles. The Labute approximate surface area is 120 Å². The van der Waals surface area contributed by atoms with E-state index in [-0.39, 0.29) is 12.2 Å². The molecule has 0 aliphatic rings. The molecule has 21 heavy (non-hydrogen) atoms. The van der Waals surface area contributed by atoms with Crippen molar-refractivity contribution < 1.29 is 22.9 Å². The smallest absolute Gasteiger partial charge is 0.300 e. The zero-order valence-electron chi connectivity index (χ0n) is 11.9. The Kier molecular flexibility index (Phi) is 4.76. The molecule has 1 atom stereocenters. The lowest BCUT2D eigenvalue weighted by atomic mass is 9.79. The Morgan fingerprint density at radius 3 is 2.05 bits per heavy atom. The van der Waals surface area contributed by atoms with Gasteiger partial charge in [-0.2, -0.15) is 13.2 Å². The molecule has 4 nitrogen and oxygen atoms in total. The maximum absolute atomic E-state index is 12.5. The van der Waals surface area contributed by atoms with Crippen molar-refractivity contribution in [2.24, 2.45) is 0 Å². The molecule has 116 valence electrons. The van der Waals surface area contributed by atoms with Crippen molar-refractivity contribution in [3.8, 4) is 0 Å². The number of nitrogens with zero attached hydrogens (tertiary/aromatic N) is 1. The van der Waals surface area contributed by atoms with Gasteiger partial charge in [-0.15, -0.1) is 0 Å². The number of carbonyl (C=O) groups is 1. The average molecular weight is 303 g/mol. The first-order chi connectivity index (χ1) is 9.46. The molecular weight excluding hydrogens is 287 g/mol. The number of nitro groups is 1. The molecule has 0 saturated heterocycles. The highest BCUT2D eigenvalue weighted by Gasteiger charge is 2.42. The van der Waals surface area contributed by atoms with Crippen molar-refractivity contribution in [2.75, 3.05) is 0 Å². The number of benzene rings is 1. The Bertz CT molecular complexity index is 535. The van der Waals surface area contributed by atoms with Crippen molar-refractivity contribution in [3.63, 3.8) is 0 Å². The molecule has 0 aliphatic heterocycles. The lowest BCUT2D eigenvalue weighted by Crippen LogP contribution is -2.39. The van der Waals surface area contributed by atoms with Gasteiger partial charge in [0.2, 0.25) is 5.54 Å². The van der Waals surface area contributed by atoms with Crippen molar-refractivity contribution in [1.29, 1.82) is 0 Å². The van der Waals surface area contributed by atoms with Crippen LogP contribution in [0.2, 0.25) is 0 Å². The number of alkyl halides is 3. The quantitative estimate of drug-likeness (QED) is 0.613. The molecule has 1 rings (SSSR count). The zero-order valence-corrected chi connectivity index (χ0v) is 11.9. The van der Waals surface area contributed by atoms with E-state index in [2.05, 4.69) is 0 Å². The Morgan fingerprint density at radius 2 is 1.71 bits per heavy atom. The van der Waals surface area contributed by atoms with Crippen molar-refractivity contribution in [1.82, 2.24) is 0 Å². The molecule has 0 bridgehead atoms. The van der Waals surface area contributed by atoms with Crippen LogP contribution in [0.1, 0.15) is 44.2 Å². The number of rotatable bonds is 5. The van der Waals surface area contributed by atoms with Gasteiger partial charge in [-0.05, 0) is 24.6 Å². The largest absolute Gasteiger partial charge is 0.416 e. The van der Waals surface area contributed by atoms with Crippen LogP contribution in [-0.2, 0) is 11.0 Å². The van der Waals surface area contributed by atoms with E-state index in [4.69, 9.17) is 0 Å². The average Bonchev–Trinajstić information content (AvgIpc) is 2.34. The minimum atomic E-state index is -4.47. The maximum Gasteiger partial charge on any atom is 0.416 e. The molecule has 0 unspecified atom stereocenters. The van der Waals surface area contributed by atoms with E-state index in [0.29, 0.717) is 5.56 Å². The van der Waals surface area contributed by atoms with Crippen LogP contribution < -0.4 is 0 Å². The highest BCUT2D eigenvalue weighted by atomic mass is 19.4. The fourth-order valence-corrected chi connectivity index (χ4v) is 2.09. The molecule has 0 aliphatic carbocycles. The van der Waals surface area contributed by atoms with Crippen LogP contribution in [0.3, 0.4) is 0 Å². The number of carbonyl (C=O) groups excluding carboxylic acids is 1. The molecule has 0 spiro atoms. The van der Waals surface area contributed by atoms with Crippen LogP contribution in [-0.4, -0.2) is 16.2 Å². The number of halogens is 3. The lowest BCUT2D eigenvalue weighted by molar-refractivity contribution is -0.565. The molecule has 7 heteroatoms. The summed E-state index contributed by atoms with van der Waals surface area (Å²) in [5.74, 6) is -1.04. The highest BCUT2D eigenvalue weighted by Crippen LogP contribution is 2.36. The van der Waals surface area contributed by atoms with E-state index in [1.807, 2.05) is 0 Å². The number of ketones is 1. The van der Waals surface area contributed by atoms with Gasteiger partial charge in [0.15, 0.2) is 0 Å². The fraction of sp³-hybridized carbons (Fsp3) is 0.500. The van der Waals surface area contributed by atoms with Crippen LogP contribution in [0.5, 0.6) is 0 Å². The predicted octanol–water partition coefficient (Wildman–Crippen LogP) is 3.82. The van der Waals surface area contributed by atoms with Crippen LogP contribution in [0.15, 0.2) is 24.3 Å². The van der Waals surface area contributed by atoms with Gasteiger partial charge in [-0.25, -0.2) is 0 Å². The van der Waals surface area contributed by atoms with Gasteiger partial charge >= 0.3 is 6.18 Å². The van der Waals surface area contributed by atoms with Gasteiger partial charge in [-0.3, -0.25) is 10.1 Å². The number of hydrogen-bond acceptors (Lipinski definition) is 3.